The van der Waals surface area contributed by atoms with Crippen molar-refractivity contribution in [2.45, 2.75) is 20.3 Å². The van der Waals surface area contributed by atoms with Crippen LogP contribution in [0.5, 0.6) is 0 Å². The van der Waals surface area contributed by atoms with E-state index in [0.29, 0.717) is 29.3 Å². The van der Waals surface area contributed by atoms with Gasteiger partial charge in [-0.25, -0.2) is 0 Å². The molecule has 1 aromatic heterocycles. The second kappa shape index (κ2) is 3.50. The van der Waals surface area contributed by atoms with Gasteiger partial charge in [-0.1, -0.05) is 13.8 Å². The molecular weight excluding hydrogens is 204 g/mol. The molecule has 1 fully saturated rings. The molecule has 0 spiro atoms. The SMILES string of the molecule is Cn1cc(N)c(C(=O)NCC2CC2(C)C)n1. The number of nitrogens with zero attached hydrogens (tertiary/aromatic N) is 2. The highest BCUT2D eigenvalue weighted by molar-refractivity contribution is 5.96. The standard InChI is InChI=1S/C11H18N4O/c1-11(2)4-7(11)5-13-10(16)9-8(12)6-15(3)14-9/h6-7H,4-5,12H2,1-3H3,(H,13,16). The Labute approximate surface area is 95.0 Å². The number of amides is 1. The maximum absolute atomic E-state index is 11.8. The van der Waals surface area contributed by atoms with Gasteiger partial charge in [-0.2, -0.15) is 5.10 Å². The van der Waals surface area contributed by atoms with E-state index in [1.807, 2.05) is 0 Å². The van der Waals surface area contributed by atoms with Crippen LogP contribution in [-0.2, 0) is 7.05 Å². The highest BCUT2D eigenvalue weighted by Gasteiger charge is 2.45. The summed E-state index contributed by atoms with van der Waals surface area (Å²) in [6.07, 6.45) is 2.81. The van der Waals surface area contributed by atoms with Gasteiger partial charge in [-0.15, -0.1) is 0 Å². The fourth-order valence-electron chi connectivity index (χ4n) is 1.91. The summed E-state index contributed by atoms with van der Waals surface area (Å²) < 4.78 is 1.55. The molecule has 0 radical (unpaired) electrons. The summed E-state index contributed by atoms with van der Waals surface area (Å²) in [6, 6.07) is 0. The average molecular weight is 222 g/mol. The molecule has 1 heterocycles. The second-order valence-corrected chi connectivity index (χ2v) is 5.21. The van der Waals surface area contributed by atoms with Crippen molar-refractivity contribution >= 4 is 11.6 Å². The van der Waals surface area contributed by atoms with Gasteiger partial charge >= 0.3 is 0 Å². The number of aryl methyl sites for hydroxylation is 1. The molecule has 0 bridgehead atoms. The lowest BCUT2D eigenvalue weighted by Gasteiger charge is -2.05. The largest absolute Gasteiger partial charge is 0.396 e. The number of hydrogen-bond donors (Lipinski definition) is 2. The zero-order valence-electron chi connectivity index (χ0n) is 9.95. The average Bonchev–Trinajstić information content (AvgIpc) is 2.63. The van der Waals surface area contributed by atoms with Gasteiger partial charge in [0.1, 0.15) is 0 Å². The van der Waals surface area contributed by atoms with Gasteiger partial charge < -0.3 is 11.1 Å². The molecule has 1 aliphatic carbocycles. The molecule has 16 heavy (non-hydrogen) atoms. The molecule has 1 saturated carbocycles. The Morgan fingerprint density at radius 2 is 2.38 bits per heavy atom. The third kappa shape index (κ3) is 2.03. The van der Waals surface area contributed by atoms with E-state index in [9.17, 15) is 4.79 Å². The summed E-state index contributed by atoms with van der Waals surface area (Å²) in [5.41, 5.74) is 6.80. The van der Waals surface area contributed by atoms with Gasteiger partial charge in [0.25, 0.3) is 5.91 Å². The van der Waals surface area contributed by atoms with Crippen LogP contribution in [0.3, 0.4) is 0 Å². The minimum absolute atomic E-state index is 0.180. The molecule has 1 amide bonds. The molecule has 1 unspecified atom stereocenters. The third-order valence-electron chi connectivity index (χ3n) is 3.30. The van der Waals surface area contributed by atoms with Crippen LogP contribution in [0.2, 0.25) is 0 Å². The molecular formula is C11H18N4O. The van der Waals surface area contributed by atoms with Crippen molar-refractivity contribution < 1.29 is 4.79 Å². The predicted molar refractivity (Wildman–Crippen MR) is 61.8 cm³/mol. The minimum atomic E-state index is -0.180. The molecule has 0 saturated heterocycles. The smallest absolute Gasteiger partial charge is 0.273 e. The van der Waals surface area contributed by atoms with Crippen molar-refractivity contribution in [1.82, 2.24) is 15.1 Å². The van der Waals surface area contributed by atoms with Gasteiger partial charge in [0.05, 0.1) is 5.69 Å². The first-order valence-corrected chi connectivity index (χ1v) is 5.47. The topological polar surface area (TPSA) is 72.9 Å². The number of rotatable bonds is 3. The number of aromatic nitrogens is 2. The first-order valence-electron chi connectivity index (χ1n) is 5.47. The molecule has 2 rings (SSSR count). The van der Waals surface area contributed by atoms with Crippen LogP contribution >= 0.6 is 0 Å². The summed E-state index contributed by atoms with van der Waals surface area (Å²) in [6.45, 7) is 5.12. The summed E-state index contributed by atoms with van der Waals surface area (Å²) >= 11 is 0. The lowest BCUT2D eigenvalue weighted by molar-refractivity contribution is 0.0946. The number of carbonyl (C=O) groups excluding carboxylic acids is 1. The van der Waals surface area contributed by atoms with Crippen molar-refractivity contribution in [3.05, 3.63) is 11.9 Å². The highest BCUT2D eigenvalue weighted by Crippen LogP contribution is 2.50. The van der Waals surface area contributed by atoms with Crippen LogP contribution in [0.25, 0.3) is 0 Å². The minimum Gasteiger partial charge on any atom is -0.396 e. The van der Waals surface area contributed by atoms with Crippen LogP contribution in [-0.4, -0.2) is 22.2 Å². The number of anilines is 1. The monoisotopic (exact) mass is 222 g/mol. The summed E-state index contributed by atoms with van der Waals surface area (Å²) in [5, 5.41) is 6.90. The third-order valence-corrected chi connectivity index (χ3v) is 3.30. The normalized spacial score (nSPS) is 21.8. The summed E-state index contributed by atoms with van der Waals surface area (Å²) in [4.78, 5) is 11.8. The van der Waals surface area contributed by atoms with E-state index in [2.05, 4.69) is 24.3 Å². The number of carbonyl (C=O) groups is 1. The van der Waals surface area contributed by atoms with Crippen LogP contribution in [0, 0.1) is 11.3 Å². The zero-order chi connectivity index (χ0) is 11.9. The van der Waals surface area contributed by atoms with E-state index < -0.39 is 0 Å². The number of nitrogens with one attached hydrogen (secondary N) is 1. The first kappa shape index (κ1) is 11.0. The maximum Gasteiger partial charge on any atom is 0.273 e. The molecule has 1 atom stereocenters. The molecule has 1 aliphatic rings. The number of nitrogens with two attached hydrogens (primary N) is 1. The van der Waals surface area contributed by atoms with Crippen molar-refractivity contribution in [2.24, 2.45) is 18.4 Å². The van der Waals surface area contributed by atoms with Crippen LogP contribution < -0.4 is 11.1 Å². The summed E-state index contributed by atoms with van der Waals surface area (Å²) in [7, 11) is 1.75. The lowest BCUT2D eigenvalue weighted by atomic mass is 10.1. The molecule has 5 heteroatoms. The Hall–Kier alpha value is -1.52. The number of hydrogen-bond acceptors (Lipinski definition) is 3. The fraction of sp³-hybridized carbons (Fsp3) is 0.636. The fourth-order valence-corrected chi connectivity index (χ4v) is 1.91. The molecule has 5 nitrogen and oxygen atoms in total. The van der Waals surface area contributed by atoms with E-state index in [1.54, 1.807) is 17.9 Å². The Morgan fingerprint density at radius 1 is 1.75 bits per heavy atom. The van der Waals surface area contributed by atoms with Crippen LogP contribution in [0.15, 0.2) is 6.20 Å². The Morgan fingerprint density at radius 3 is 2.81 bits per heavy atom. The van der Waals surface area contributed by atoms with Gasteiger partial charge in [-0.3, -0.25) is 9.48 Å². The Balaban J connectivity index is 1.91. The highest BCUT2D eigenvalue weighted by atomic mass is 16.2. The number of nitrogen functional groups attached to an aromatic ring is 1. The van der Waals surface area contributed by atoms with E-state index in [0.717, 1.165) is 0 Å². The van der Waals surface area contributed by atoms with E-state index in [1.165, 1.54) is 6.42 Å². The van der Waals surface area contributed by atoms with Gasteiger partial charge in [0.2, 0.25) is 0 Å². The van der Waals surface area contributed by atoms with E-state index in [4.69, 9.17) is 5.73 Å². The van der Waals surface area contributed by atoms with Crippen LogP contribution in [0.4, 0.5) is 5.69 Å². The maximum atomic E-state index is 11.8. The van der Waals surface area contributed by atoms with Crippen LogP contribution in [0.1, 0.15) is 30.8 Å². The quantitative estimate of drug-likeness (QED) is 0.793. The van der Waals surface area contributed by atoms with Crippen molar-refractivity contribution in [1.29, 1.82) is 0 Å². The summed E-state index contributed by atoms with van der Waals surface area (Å²) in [5.74, 6) is 0.405. The zero-order valence-corrected chi connectivity index (χ0v) is 9.95. The molecule has 88 valence electrons. The van der Waals surface area contributed by atoms with Gasteiger partial charge in [0.15, 0.2) is 5.69 Å². The van der Waals surface area contributed by atoms with Crippen molar-refractivity contribution in [3.63, 3.8) is 0 Å². The van der Waals surface area contributed by atoms with E-state index in [-0.39, 0.29) is 5.91 Å². The van der Waals surface area contributed by atoms with Gasteiger partial charge in [0, 0.05) is 19.8 Å². The van der Waals surface area contributed by atoms with Gasteiger partial charge in [-0.05, 0) is 17.8 Å². The van der Waals surface area contributed by atoms with Crippen molar-refractivity contribution in [3.8, 4) is 0 Å². The Kier molecular flexibility index (Phi) is 2.40. The first-order chi connectivity index (χ1) is 7.40. The molecule has 1 aromatic rings. The molecule has 0 aromatic carbocycles. The molecule has 3 N–H and O–H groups in total. The van der Waals surface area contributed by atoms with E-state index >= 15 is 0 Å². The Bertz CT molecular complexity index is 422. The lowest BCUT2D eigenvalue weighted by Crippen LogP contribution is -2.27. The molecule has 0 aliphatic heterocycles. The predicted octanol–water partition coefficient (Wildman–Crippen LogP) is 0.778. The van der Waals surface area contributed by atoms with Crippen molar-refractivity contribution in [2.75, 3.05) is 12.3 Å². The second-order valence-electron chi connectivity index (χ2n) is 5.21.